The highest BCUT2D eigenvalue weighted by atomic mass is 16.5. The summed E-state index contributed by atoms with van der Waals surface area (Å²) >= 11 is 0. The van der Waals surface area contributed by atoms with E-state index in [9.17, 15) is 9.59 Å². The van der Waals surface area contributed by atoms with Gasteiger partial charge in [0.2, 0.25) is 0 Å². The quantitative estimate of drug-likeness (QED) is 0.291. The molecule has 0 fully saturated rings. The van der Waals surface area contributed by atoms with Crippen molar-refractivity contribution in [1.82, 2.24) is 5.48 Å². The molecule has 0 saturated heterocycles. The molecule has 4 aromatic carbocycles. The van der Waals surface area contributed by atoms with Gasteiger partial charge in [-0.25, -0.2) is 5.48 Å². The molecule has 0 radical (unpaired) electrons. The van der Waals surface area contributed by atoms with Gasteiger partial charge in [-0.3, -0.25) is 14.8 Å². The molecule has 0 spiro atoms. The van der Waals surface area contributed by atoms with Crippen molar-refractivity contribution in [2.45, 2.75) is 6.42 Å². The fourth-order valence-electron chi connectivity index (χ4n) is 3.61. The highest BCUT2D eigenvalue weighted by molar-refractivity contribution is 6.07. The summed E-state index contributed by atoms with van der Waals surface area (Å²) in [6, 6.07) is 31.8. The molecule has 5 nitrogen and oxygen atoms in total. The number of carbonyl (C=O) groups is 2. The van der Waals surface area contributed by atoms with Gasteiger partial charge in [0, 0.05) is 16.8 Å². The Labute approximate surface area is 186 Å². The lowest BCUT2D eigenvalue weighted by Gasteiger charge is -2.13. The zero-order valence-electron chi connectivity index (χ0n) is 17.3. The van der Waals surface area contributed by atoms with Gasteiger partial charge in [0.25, 0.3) is 11.8 Å². The summed E-state index contributed by atoms with van der Waals surface area (Å²) < 4.78 is 0. The van der Waals surface area contributed by atoms with Crippen LogP contribution in [-0.4, -0.2) is 17.0 Å². The third kappa shape index (κ3) is 4.74. The highest BCUT2D eigenvalue weighted by Gasteiger charge is 2.16. The van der Waals surface area contributed by atoms with E-state index in [-0.39, 0.29) is 11.5 Å². The van der Waals surface area contributed by atoms with Crippen molar-refractivity contribution in [3.8, 4) is 11.1 Å². The fourth-order valence-corrected chi connectivity index (χ4v) is 3.61. The van der Waals surface area contributed by atoms with E-state index in [0.29, 0.717) is 17.5 Å². The Morgan fingerprint density at radius 3 is 2.09 bits per heavy atom. The van der Waals surface area contributed by atoms with Crippen LogP contribution >= 0.6 is 0 Å². The number of benzene rings is 4. The summed E-state index contributed by atoms with van der Waals surface area (Å²) in [5.74, 6) is -0.914. The van der Waals surface area contributed by atoms with E-state index in [1.807, 2.05) is 72.8 Å². The van der Waals surface area contributed by atoms with Gasteiger partial charge < -0.3 is 5.32 Å². The van der Waals surface area contributed by atoms with Crippen molar-refractivity contribution in [1.29, 1.82) is 0 Å². The van der Waals surface area contributed by atoms with Crippen molar-refractivity contribution in [2.75, 3.05) is 5.32 Å². The molecule has 32 heavy (non-hydrogen) atoms. The molecule has 3 N–H and O–H groups in total. The van der Waals surface area contributed by atoms with Crippen molar-refractivity contribution in [2.24, 2.45) is 0 Å². The predicted octanol–water partition coefficient (Wildman–Crippen LogP) is 5.32. The molecule has 4 rings (SSSR count). The fraction of sp³-hybridized carbons (Fsp3) is 0.0370. The number of nitrogens with one attached hydrogen (secondary N) is 2. The van der Waals surface area contributed by atoms with Crippen LogP contribution in [0.15, 0.2) is 103 Å². The van der Waals surface area contributed by atoms with Gasteiger partial charge in [-0.2, -0.15) is 0 Å². The monoisotopic (exact) mass is 422 g/mol. The molecule has 2 amide bonds. The van der Waals surface area contributed by atoms with Crippen molar-refractivity contribution < 1.29 is 14.8 Å². The minimum Gasteiger partial charge on any atom is -0.322 e. The van der Waals surface area contributed by atoms with E-state index >= 15 is 0 Å². The Balaban J connectivity index is 1.64. The number of hydroxylamine groups is 1. The van der Waals surface area contributed by atoms with Crippen molar-refractivity contribution in [3.05, 3.63) is 125 Å². The molecule has 0 bridgehead atoms. The summed E-state index contributed by atoms with van der Waals surface area (Å²) in [5.41, 5.74) is 6.58. The molecule has 0 saturated carbocycles. The number of rotatable bonds is 6. The molecule has 0 aliphatic rings. The Kier molecular flexibility index (Phi) is 6.39. The average Bonchev–Trinajstić information content (AvgIpc) is 2.85. The lowest BCUT2D eigenvalue weighted by molar-refractivity contribution is 0.0707. The molecule has 0 atom stereocenters. The van der Waals surface area contributed by atoms with Gasteiger partial charge in [0.15, 0.2) is 0 Å². The molecule has 0 heterocycles. The van der Waals surface area contributed by atoms with Gasteiger partial charge in [-0.1, -0.05) is 78.9 Å². The standard InChI is InChI=1S/C27H22N2O3/c30-26(28-25-14-8-7-13-21(25)17-19-9-3-1-4-10-19)22-15-16-23(27(31)29-32)24(18-22)20-11-5-2-6-12-20/h1-16,18,32H,17H2,(H,28,30)(H,29,31). The van der Waals surface area contributed by atoms with E-state index in [0.717, 1.165) is 22.4 Å². The van der Waals surface area contributed by atoms with E-state index in [1.165, 1.54) is 0 Å². The molecule has 5 heteroatoms. The SMILES string of the molecule is O=C(Nc1ccccc1Cc1ccccc1)c1ccc(C(=O)NO)c(-c2ccccc2)c1. The maximum Gasteiger partial charge on any atom is 0.275 e. The van der Waals surface area contributed by atoms with Crippen LogP contribution in [0.5, 0.6) is 0 Å². The van der Waals surface area contributed by atoms with Crippen LogP contribution in [0.25, 0.3) is 11.1 Å². The van der Waals surface area contributed by atoms with E-state index in [1.54, 1.807) is 23.7 Å². The zero-order chi connectivity index (χ0) is 22.3. The smallest absolute Gasteiger partial charge is 0.275 e. The molecular weight excluding hydrogens is 400 g/mol. The molecule has 0 unspecified atom stereocenters. The lowest BCUT2D eigenvalue weighted by atomic mass is 9.96. The minimum absolute atomic E-state index is 0.278. The summed E-state index contributed by atoms with van der Waals surface area (Å²) in [6.45, 7) is 0. The highest BCUT2D eigenvalue weighted by Crippen LogP contribution is 2.26. The zero-order valence-corrected chi connectivity index (χ0v) is 17.3. The molecule has 0 aliphatic carbocycles. The Hall–Kier alpha value is -4.22. The summed E-state index contributed by atoms with van der Waals surface area (Å²) in [7, 11) is 0. The van der Waals surface area contributed by atoms with Gasteiger partial charge >= 0.3 is 0 Å². The van der Waals surface area contributed by atoms with Crippen LogP contribution in [0.3, 0.4) is 0 Å². The lowest BCUT2D eigenvalue weighted by Crippen LogP contribution is -2.20. The summed E-state index contributed by atoms with van der Waals surface area (Å²) in [5, 5.41) is 12.1. The van der Waals surface area contributed by atoms with E-state index < -0.39 is 5.91 Å². The largest absolute Gasteiger partial charge is 0.322 e. The number of anilines is 1. The van der Waals surface area contributed by atoms with Gasteiger partial charge in [-0.15, -0.1) is 0 Å². The first-order valence-corrected chi connectivity index (χ1v) is 10.2. The van der Waals surface area contributed by atoms with Gasteiger partial charge in [-0.05, 0) is 52.9 Å². The number of hydrogen-bond acceptors (Lipinski definition) is 3. The molecular formula is C27H22N2O3. The summed E-state index contributed by atoms with van der Waals surface area (Å²) in [6.07, 6.45) is 0.697. The van der Waals surface area contributed by atoms with Crippen LogP contribution in [0.2, 0.25) is 0 Å². The van der Waals surface area contributed by atoms with Crippen molar-refractivity contribution in [3.63, 3.8) is 0 Å². The second kappa shape index (κ2) is 9.73. The first-order valence-electron chi connectivity index (χ1n) is 10.2. The van der Waals surface area contributed by atoms with Crippen LogP contribution in [0.1, 0.15) is 31.8 Å². The number of para-hydroxylation sites is 1. The first kappa shape index (κ1) is 21.0. The predicted molar refractivity (Wildman–Crippen MR) is 125 cm³/mol. The normalized spacial score (nSPS) is 10.4. The Morgan fingerprint density at radius 2 is 1.38 bits per heavy atom. The van der Waals surface area contributed by atoms with E-state index in [4.69, 9.17) is 5.21 Å². The number of amides is 2. The van der Waals surface area contributed by atoms with Crippen LogP contribution in [-0.2, 0) is 6.42 Å². The van der Waals surface area contributed by atoms with Crippen LogP contribution in [0, 0.1) is 0 Å². The number of hydrogen-bond donors (Lipinski definition) is 3. The number of carbonyl (C=O) groups excluding carboxylic acids is 2. The third-order valence-corrected chi connectivity index (χ3v) is 5.22. The molecule has 0 aliphatic heterocycles. The van der Waals surface area contributed by atoms with Crippen molar-refractivity contribution >= 4 is 17.5 Å². The maximum atomic E-state index is 13.1. The molecule has 0 aromatic heterocycles. The Morgan fingerprint density at radius 1 is 0.719 bits per heavy atom. The summed E-state index contributed by atoms with van der Waals surface area (Å²) in [4.78, 5) is 25.2. The van der Waals surface area contributed by atoms with Gasteiger partial charge in [0.05, 0.1) is 0 Å². The molecule has 4 aromatic rings. The van der Waals surface area contributed by atoms with Crippen LogP contribution < -0.4 is 10.8 Å². The first-order chi connectivity index (χ1) is 15.7. The van der Waals surface area contributed by atoms with E-state index in [2.05, 4.69) is 17.4 Å². The average molecular weight is 422 g/mol. The minimum atomic E-state index is -0.635. The second-order valence-corrected chi connectivity index (χ2v) is 7.34. The third-order valence-electron chi connectivity index (χ3n) is 5.22. The second-order valence-electron chi connectivity index (χ2n) is 7.34. The topological polar surface area (TPSA) is 78.4 Å². The van der Waals surface area contributed by atoms with Gasteiger partial charge in [0.1, 0.15) is 0 Å². The molecule has 158 valence electrons. The Bertz CT molecular complexity index is 1240. The maximum absolute atomic E-state index is 13.1. The van der Waals surface area contributed by atoms with Crippen LogP contribution in [0.4, 0.5) is 5.69 Å².